The largest absolute Gasteiger partial charge is 0.309 e. The first kappa shape index (κ1) is 23.2. The third-order valence-corrected chi connectivity index (χ3v) is 10.1. The first-order chi connectivity index (χ1) is 31.9. The van der Waals surface area contributed by atoms with Crippen molar-refractivity contribution in [1.29, 1.82) is 0 Å². The van der Waals surface area contributed by atoms with Crippen molar-refractivity contribution in [2.45, 2.75) is 0 Å². The van der Waals surface area contributed by atoms with E-state index in [0.29, 0.717) is 11.0 Å². The van der Waals surface area contributed by atoms with Crippen molar-refractivity contribution in [3.05, 3.63) is 200 Å². The quantitative estimate of drug-likeness (QED) is 0.171. The molecule has 8 aromatic carbocycles. The van der Waals surface area contributed by atoms with E-state index in [1.807, 2.05) is 66.7 Å². The Morgan fingerprint density at radius 3 is 1.46 bits per heavy atom. The van der Waals surface area contributed by atoms with Gasteiger partial charge in [0.1, 0.15) is 0 Å². The molecule has 5 nitrogen and oxygen atoms in total. The zero-order chi connectivity index (χ0) is 45.7. The standard InChI is InChI=1S/C51H33N5/c1-4-16-34(17-5-1)37-22-14-23-38(32-37)39-24-15-25-40(33-39)55-43-28-12-10-26-41(43)47-45(55)30-31-46-48(47)42-27-11-13-29-44(42)56(46)51-53-49(35-18-6-2-7-19-35)52-50(54-51)36-20-8-3-9-21-36/h1-33H/i2D,3D,6D,7D,8D,9D,18D,19D,20D,21D. The van der Waals surface area contributed by atoms with Crippen LogP contribution in [0.5, 0.6) is 0 Å². The van der Waals surface area contributed by atoms with Crippen molar-refractivity contribution in [2.24, 2.45) is 0 Å². The Bertz CT molecular complexity index is 3700. The molecule has 0 N–H and O–H groups in total. The van der Waals surface area contributed by atoms with Gasteiger partial charge in [-0.1, -0.05) is 157 Å². The van der Waals surface area contributed by atoms with Gasteiger partial charge in [-0.05, 0) is 64.7 Å². The predicted octanol–water partition coefficient (Wildman–Crippen LogP) is 12.7. The Balaban J connectivity index is 1.19. The molecule has 0 bridgehead atoms. The van der Waals surface area contributed by atoms with Crippen LogP contribution in [0, 0.1) is 0 Å². The van der Waals surface area contributed by atoms with Crippen LogP contribution >= 0.6 is 0 Å². The Labute approximate surface area is 337 Å². The summed E-state index contributed by atoms with van der Waals surface area (Å²) in [5.41, 5.74) is 7.87. The van der Waals surface area contributed by atoms with Gasteiger partial charge in [-0.3, -0.25) is 4.57 Å². The van der Waals surface area contributed by atoms with Gasteiger partial charge in [0.25, 0.3) is 0 Å². The molecular weight excluding hydrogens is 683 g/mol. The summed E-state index contributed by atoms with van der Waals surface area (Å²) in [6.45, 7) is 0. The van der Waals surface area contributed by atoms with E-state index in [9.17, 15) is 0 Å². The maximum Gasteiger partial charge on any atom is 0.238 e. The van der Waals surface area contributed by atoms with Crippen LogP contribution in [-0.2, 0) is 0 Å². The van der Waals surface area contributed by atoms with Gasteiger partial charge in [0.05, 0.1) is 35.8 Å². The number of aromatic nitrogens is 5. The summed E-state index contributed by atoms with van der Waals surface area (Å²) in [5, 5.41) is 3.62. The molecule has 11 rings (SSSR count). The molecule has 56 heavy (non-hydrogen) atoms. The molecule has 0 saturated heterocycles. The predicted molar refractivity (Wildman–Crippen MR) is 230 cm³/mol. The van der Waals surface area contributed by atoms with Crippen molar-refractivity contribution in [3.63, 3.8) is 0 Å². The molecule has 0 fully saturated rings. The van der Waals surface area contributed by atoms with E-state index in [2.05, 4.69) is 82.3 Å². The monoisotopic (exact) mass is 725 g/mol. The lowest BCUT2D eigenvalue weighted by molar-refractivity contribution is 0.953. The minimum absolute atomic E-state index is 0.0617. The van der Waals surface area contributed by atoms with E-state index in [1.54, 1.807) is 4.57 Å². The molecule has 0 amide bonds. The van der Waals surface area contributed by atoms with Crippen molar-refractivity contribution < 1.29 is 13.7 Å². The number of benzene rings is 8. The molecule has 3 aromatic heterocycles. The number of fused-ring (bicyclic) bond motifs is 7. The molecule has 3 heterocycles. The number of rotatable bonds is 6. The second-order valence-electron chi connectivity index (χ2n) is 13.3. The van der Waals surface area contributed by atoms with Crippen LogP contribution in [0.4, 0.5) is 0 Å². The van der Waals surface area contributed by atoms with Crippen molar-refractivity contribution in [3.8, 4) is 56.7 Å². The summed E-state index contributed by atoms with van der Waals surface area (Å²) in [4.78, 5) is 14.1. The van der Waals surface area contributed by atoms with Crippen molar-refractivity contribution in [2.75, 3.05) is 0 Å². The van der Waals surface area contributed by atoms with Gasteiger partial charge in [-0.15, -0.1) is 0 Å². The summed E-state index contributed by atoms with van der Waals surface area (Å²) in [6.07, 6.45) is 0. The van der Waals surface area contributed by atoms with Crippen LogP contribution < -0.4 is 0 Å². The second-order valence-corrected chi connectivity index (χ2v) is 13.3. The van der Waals surface area contributed by atoms with E-state index < -0.39 is 60.4 Å². The van der Waals surface area contributed by atoms with Crippen LogP contribution in [0.1, 0.15) is 13.7 Å². The lowest BCUT2D eigenvalue weighted by Crippen LogP contribution is -2.06. The van der Waals surface area contributed by atoms with Crippen LogP contribution in [0.2, 0.25) is 0 Å². The van der Waals surface area contributed by atoms with Gasteiger partial charge in [0.15, 0.2) is 11.6 Å². The third kappa shape index (κ3) is 5.21. The van der Waals surface area contributed by atoms with E-state index in [1.165, 1.54) is 0 Å². The highest BCUT2D eigenvalue weighted by Gasteiger charge is 2.22. The Hall–Kier alpha value is -7.63. The molecule has 0 spiro atoms. The molecule has 0 aliphatic carbocycles. The van der Waals surface area contributed by atoms with E-state index in [4.69, 9.17) is 23.7 Å². The fourth-order valence-corrected chi connectivity index (χ4v) is 7.76. The van der Waals surface area contributed by atoms with E-state index in [-0.39, 0.29) is 28.7 Å². The van der Waals surface area contributed by atoms with Gasteiger partial charge < -0.3 is 4.57 Å². The van der Waals surface area contributed by atoms with Gasteiger partial charge in [-0.25, -0.2) is 4.98 Å². The van der Waals surface area contributed by atoms with Crippen molar-refractivity contribution in [1.82, 2.24) is 24.1 Å². The summed E-state index contributed by atoms with van der Waals surface area (Å²) in [6, 6.07) is 41.1. The zero-order valence-corrected chi connectivity index (χ0v) is 29.5. The highest BCUT2D eigenvalue weighted by molar-refractivity contribution is 6.28. The first-order valence-corrected chi connectivity index (χ1v) is 18.1. The molecule has 262 valence electrons. The average molecular weight is 726 g/mol. The molecule has 0 saturated carbocycles. The van der Waals surface area contributed by atoms with Crippen LogP contribution in [0.3, 0.4) is 0 Å². The molecule has 0 aliphatic rings. The normalized spacial score (nSPS) is 14.1. The van der Waals surface area contributed by atoms with Gasteiger partial charge in [-0.2, -0.15) is 9.97 Å². The summed E-state index contributed by atoms with van der Waals surface area (Å²) in [5.74, 6) is -0.735. The van der Waals surface area contributed by atoms with E-state index >= 15 is 0 Å². The average Bonchev–Trinajstić information content (AvgIpc) is 3.87. The van der Waals surface area contributed by atoms with Crippen LogP contribution in [-0.4, -0.2) is 24.1 Å². The van der Waals surface area contributed by atoms with Gasteiger partial charge >= 0.3 is 0 Å². The minimum atomic E-state index is -0.612. The maximum atomic E-state index is 8.84. The molecular formula is C51H33N5. The molecule has 0 unspecified atom stereocenters. The zero-order valence-electron chi connectivity index (χ0n) is 39.5. The molecule has 5 heteroatoms. The lowest BCUT2D eigenvalue weighted by atomic mass is 9.99. The Morgan fingerprint density at radius 1 is 0.357 bits per heavy atom. The third-order valence-electron chi connectivity index (χ3n) is 10.1. The Kier molecular flexibility index (Phi) is 5.41. The molecule has 0 atom stereocenters. The maximum absolute atomic E-state index is 8.84. The smallest absolute Gasteiger partial charge is 0.238 e. The molecule has 0 aliphatic heterocycles. The molecule has 11 aromatic rings. The molecule has 0 radical (unpaired) electrons. The Morgan fingerprint density at radius 2 is 0.839 bits per heavy atom. The number of para-hydroxylation sites is 2. The number of hydrogen-bond acceptors (Lipinski definition) is 3. The lowest BCUT2D eigenvalue weighted by Gasteiger charge is -2.12. The summed E-state index contributed by atoms with van der Waals surface area (Å²) in [7, 11) is 0. The van der Waals surface area contributed by atoms with Gasteiger partial charge in [0, 0.05) is 38.4 Å². The minimum Gasteiger partial charge on any atom is -0.309 e. The van der Waals surface area contributed by atoms with Crippen LogP contribution in [0.25, 0.3) is 100 Å². The van der Waals surface area contributed by atoms with E-state index in [0.717, 1.165) is 60.5 Å². The fraction of sp³-hybridized carbons (Fsp3) is 0. The summed E-state index contributed by atoms with van der Waals surface area (Å²) < 4.78 is 89.7. The highest BCUT2D eigenvalue weighted by atomic mass is 15.2. The topological polar surface area (TPSA) is 48.5 Å². The highest BCUT2D eigenvalue weighted by Crippen LogP contribution is 2.42. The number of hydrogen-bond donors (Lipinski definition) is 0. The van der Waals surface area contributed by atoms with Crippen LogP contribution in [0.15, 0.2) is 200 Å². The fourth-order valence-electron chi connectivity index (χ4n) is 7.76. The SMILES string of the molecule is [2H]c1c([2H])c([2H])c(-c2nc(-c3c([2H])c([2H])c([2H])c([2H])c3[2H])nc(-n3c4ccccc4c4c5c6ccccc6n(-c6cccc(-c7cccc(-c8ccccc8)c7)c6)c5ccc43)n2)c([2H])c1[2H]. The van der Waals surface area contributed by atoms with Crippen molar-refractivity contribution >= 4 is 43.6 Å². The first-order valence-electron chi connectivity index (χ1n) is 23.1. The second kappa shape index (κ2) is 13.0. The van der Waals surface area contributed by atoms with Gasteiger partial charge in [0.2, 0.25) is 5.95 Å². The number of nitrogens with zero attached hydrogens (tertiary/aromatic N) is 5. The summed E-state index contributed by atoms with van der Waals surface area (Å²) >= 11 is 0.